The minimum absolute atomic E-state index is 0.0349. The van der Waals surface area contributed by atoms with Crippen LogP contribution in [0, 0.1) is 0 Å². The number of aryl methyl sites for hydroxylation is 1. The topological polar surface area (TPSA) is 108 Å². The van der Waals surface area contributed by atoms with Crippen LogP contribution in [0.25, 0.3) is 28.3 Å². The van der Waals surface area contributed by atoms with Crippen molar-refractivity contribution in [3.05, 3.63) is 54.4 Å². The van der Waals surface area contributed by atoms with E-state index in [2.05, 4.69) is 21.5 Å². The monoisotopic (exact) mass is 507 g/mol. The highest BCUT2D eigenvalue weighted by atomic mass is 32.2. The summed E-state index contributed by atoms with van der Waals surface area (Å²) in [6.07, 6.45) is -1.08. The van der Waals surface area contributed by atoms with Gasteiger partial charge >= 0.3 is 12.1 Å². The maximum absolute atomic E-state index is 13.1. The molecule has 0 N–H and O–H groups in total. The van der Waals surface area contributed by atoms with E-state index in [-0.39, 0.29) is 52.1 Å². The number of carbonyl (C=O) groups excluding carboxylic acids is 1. The van der Waals surface area contributed by atoms with Crippen molar-refractivity contribution >= 4 is 32.6 Å². The Balaban J connectivity index is 1.90. The van der Waals surface area contributed by atoms with Crippen molar-refractivity contribution in [2.24, 2.45) is 7.05 Å². The van der Waals surface area contributed by atoms with Crippen LogP contribution >= 0.6 is 0 Å². The SMILES string of the molecule is C=CCOC(=O)Cc1ccn2c(S(=O)(=O)CC)c(-c3nc4cc(C(F)(F)F)cnc4n3C)nc2c1. The summed E-state index contributed by atoms with van der Waals surface area (Å²) in [6.45, 7) is 5.00. The first kappa shape index (κ1) is 24.4. The smallest absolute Gasteiger partial charge is 0.417 e. The average molecular weight is 507 g/mol. The molecular weight excluding hydrogens is 487 g/mol. The van der Waals surface area contributed by atoms with Crippen LogP contribution in [0.15, 0.2) is 48.3 Å². The minimum Gasteiger partial charge on any atom is -0.461 e. The number of pyridine rings is 2. The highest BCUT2D eigenvalue weighted by Gasteiger charge is 2.33. The molecule has 0 aliphatic heterocycles. The zero-order valence-electron chi connectivity index (χ0n) is 18.7. The molecule has 0 saturated heterocycles. The molecule has 0 amide bonds. The number of nitrogens with zero attached hydrogens (tertiary/aromatic N) is 5. The number of halogens is 3. The summed E-state index contributed by atoms with van der Waals surface area (Å²) in [6, 6.07) is 3.95. The van der Waals surface area contributed by atoms with Gasteiger partial charge < -0.3 is 9.30 Å². The summed E-state index contributed by atoms with van der Waals surface area (Å²) in [5.74, 6) is -0.706. The zero-order valence-corrected chi connectivity index (χ0v) is 19.5. The molecule has 0 fully saturated rings. The number of sulfone groups is 1. The van der Waals surface area contributed by atoms with Crippen molar-refractivity contribution in [3.8, 4) is 11.5 Å². The molecular formula is C22H20F3N5O4S. The lowest BCUT2D eigenvalue weighted by Gasteiger charge is -2.06. The van der Waals surface area contributed by atoms with E-state index in [0.717, 1.165) is 6.07 Å². The van der Waals surface area contributed by atoms with E-state index in [9.17, 15) is 26.4 Å². The zero-order chi connectivity index (χ0) is 25.5. The Morgan fingerprint density at radius 3 is 2.66 bits per heavy atom. The van der Waals surface area contributed by atoms with E-state index in [1.807, 2.05) is 0 Å². The molecule has 0 aliphatic carbocycles. The molecule has 4 heterocycles. The third-order valence-corrected chi connectivity index (χ3v) is 7.02. The molecule has 0 bridgehead atoms. The summed E-state index contributed by atoms with van der Waals surface area (Å²) in [4.78, 5) is 24.5. The number of fused-ring (bicyclic) bond motifs is 2. The van der Waals surface area contributed by atoms with Crippen molar-refractivity contribution in [1.82, 2.24) is 23.9 Å². The summed E-state index contributed by atoms with van der Waals surface area (Å²) in [7, 11) is -2.34. The summed E-state index contributed by atoms with van der Waals surface area (Å²) in [5, 5.41) is -0.162. The molecule has 184 valence electrons. The normalized spacial score (nSPS) is 12.4. The van der Waals surface area contributed by atoms with Gasteiger partial charge in [0.05, 0.1) is 17.7 Å². The second kappa shape index (κ2) is 8.80. The van der Waals surface area contributed by atoms with Crippen LogP contribution in [0.4, 0.5) is 13.2 Å². The molecule has 4 rings (SSSR count). The van der Waals surface area contributed by atoms with Crippen molar-refractivity contribution in [2.75, 3.05) is 12.4 Å². The van der Waals surface area contributed by atoms with Crippen LogP contribution < -0.4 is 0 Å². The summed E-state index contributed by atoms with van der Waals surface area (Å²) in [5.41, 5.74) is -0.177. The van der Waals surface area contributed by atoms with E-state index in [4.69, 9.17) is 4.74 Å². The lowest BCUT2D eigenvalue weighted by Crippen LogP contribution is -2.10. The standard InChI is InChI=1S/C22H20F3N5O4S/c1-4-8-34-17(31)10-13-6-7-30-16(9-13)28-18(21(30)35(32,33)5-2)20-27-15-11-14(22(23,24)25)12-26-19(15)29(20)3/h4,6-7,9,11-12H,1,5,8,10H2,2-3H3. The number of ether oxygens (including phenoxy) is 1. The molecule has 0 aliphatic rings. The molecule has 35 heavy (non-hydrogen) atoms. The van der Waals surface area contributed by atoms with Gasteiger partial charge in [-0.25, -0.2) is 23.4 Å². The van der Waals surface area contributed by atoms with Crippen LogP contribution in [0.2, 0.25) is 0 Å². The number of hydrogen-bond acceptors (Lipinski definition) is 7. The van der Waals surface area contributed by atoms with Gasteiger partial charge in [0.15, 0.2) is 26.3 Å². The fraction of sp³-hybridized carbons (Fsp3) is 0.273. The fourth-order valence-electron chi connectivity index (χ4n) is 3.57. The lowest BCUT2D eigenvalue weighted by molar-refractivity contribution is -0.141. The summed E-state index contributed by atoms with van der Waals surface area (Å²) >= 11 is 0. The van der Waals surface area contributed by atoms with Crippen LogP contribution in [-0.2, 0) is 39.0 Å². The second-order valence-electron chi connectivity index (χ2n) is 7.64. The molecule has 4 aromatic heterocycles. The number of esters is 1. The van der Waals surface area contributed by atoms with E-state index >= 15 is 0 Å². The van der Waals surface area contributed by atoms with Crippen molar-refractivity contribution < 1.29 is 31.1 Å². The molecule has 4 aromatic rings. The quantitative estimate of drug-likeness (QED) is 0.279. The van der Waals surface area contributed by atoms with Crippen LogP contribution in [0.5, 0.6) is 0 Å². The highest BCUT2D eigenvalue weighted by molar-refractivity contribution is 7.91. The first-order chi connectivity index (χ1) is 16.5. The third-order valence-electron chi connectivity index (χ3n) is 5.28. The van der Waals surface area contributed by atoms with Crippen LogP contribution in [0.3, 0.4) is 0 Å². The fourth-order valence-corrected chi connectivity index (χ4v) is 4.73. The largest absolute Gasteiger partial charge is 0.461 e. The Morgan fingerprint density at radius 2 is 2.00 bits per heavy atom. The number of carbonyl (C=O) groups is 1. The van der Waals surface area contributed by atoms with Crippen molar-refractivity contribution in [2.45, 2.75) is 24.5 Å². The van der Waals surface area contributed by atoms with Crippen molar-refractivity contribution in [3.63, 3.8) is 0 Å². The van der Waals surface area contributed by atoms with Gasteiger partial charge in [-0.1, -0.05) is 19.6 Å². The molecule has 0 radical (unpaired) electrons. The van der Waals surface area contributed by atoms with E-state index in [0.29, 0.717) is 11.8 Å². The van der Waals surface area contributed by atoms with Gasteiger partial charge in [-0.15, -0.1) is 0 Å². The molecule has 0 saturated carbocycles. The Bertz CT molecular complexity index is 1570. The lowest BCUT2D eigenvalue weighted by atomic mass is 10.2. The van der Waals surface area contributed by atoms with Crippen molar-refractivity contribution in [1.29, 1.82) is 0 Å². The number of alkyl halides is 3. The average Bonchev–Trinajstić information content (AvgIpc) is 3.34. The van der Waals surface area contributed by atoms with Gasteiger partial charge in [-0.05, 0) is 23.8 Å². The number of rotatable bonds is 7. The van der Waals surface area contributed by atoms with E-state index in [1.165, 1.54) is 41.3 Å². The molecule has 0 spiro atoms. The van der Waals surface area contributed by atoms with E-state index in [1.54, 1.807) is 6.07 Å². The van der Waals surface area contributed by atoms with Crippen LogP contribution in [0.1, 0.15) is 18.1 Å². The van der Waals surface area contributed by atoms with Gasteiger partial charge in [0.25, 0.3) is 0 Å². The van der Waals surface area contributed by atoms with Gasteiger partial charge in [0.2, 0.25) is 0 Å². The highest BCUT2D eigenvalue weighted by Crippen LogP contribution is 2.33. The second-order valence-corrected chi connectivity index (χ2v) is 9.83. The number of imidazole rings is 2. The molecule has 0 atom stereocenters. The van der Waals surface area contributed by atoms with Gasteiger partial charge in [0, 0.05) is 19.4 Å². The number of hydrogen-bond donors (Lipinski definition) is 0. The van der Waals surface area contributed by atoms with Gasteiger partial charge in [-0.2, -0.15) is 13.2 Å². The molecule has 0 aromatic carbocycles. The predicted molar refractivity (Wildman–Crippen MR) is 120 cm³/mol. The van der Waals surface area contributed by atoms with Gasteiger partial charge in [-0.3, -0.25) is 9.20 Å². The first-order valence-electron chi connectivity index (χ1n) is 10.4. The van der Waals surface area contributed by atoms with Crippen LogP contribution in [-0.4, -0.2) is 50.7 Å². The number of aromatic nitrogens is 5. The Hall–Kier alpha value is -3.74. The first-order valence-corrected chi connectivity index (χ1v) is 12.0. The van der Waals surface area contributed by atoms with E-state index < -0.39 is 27.5 Å². The molecule has 0 unspecified atom stereocenters. The maximum Gasteiger partial charge on any atom is 0.417 e. The molecule has 13 heteroatoms. The Morgan fingerprint density at radius 1 is 1.26 bits per heavy atom. The molecule has 9 nitrogen and oxygen atoms in total. The minimum atomic E-state index is -4.61. The Labute approximate surface area is 197 Å². The van der Waals surface area contributed by atoms with Gasteiger partial charge in [0.1, 0.15) is 23.5 Å². The summed E-state index contributed by atoms with van der Waals surface area (Å²) < 4.78 is 73.2. The Kier molecular flexibility index (Phi) is 6.13. The maximum atomic E-state index is 13.1. The predicted octanol–water partition coefficient (Wildman–Crippen LogP) is 3.37. The third kappa shape index (κ3) is 4.50.